The fraction of sp³-hybridized carbons (Fsp3) is 0.643. The summed E-state index contributed by atoms with van der Waals surface area (Å²) in [6, 6.07) is 2.44. The second-order valence-corrected chi connectivity index (χ2v) is 6.39. The third-order valence-corrected chi connectivity index (χ3v) is 4.72. The second-order valence-electron chi connectivity index (χ2n) is 5.39. The topological polar surface area (TPSA) is 50.4 Å². The summed E-state index contributed by atoms with van der Waals surface area (Å²) in [5, 5.41) is 8.50. The average molecular weight is 280 g/mol. The van der Waals surface area contributed by atoms with Gasteiger partial charge in [-0.1, -0.05) is 0 Å². The minimum atomic E-state index is -0.0142. The largest absolute Gasteiger partial charge is 0.376 e. The van der Waals surface area contributed by atoms with Gasteiger partial charge >= 0.3 is 0 Å². The molecule has 0 spiro atoms. The van der Waals surface area contributed by atoms with Crippen molar-refractivity contribution in [1.29, 1.82) is 0 Å². The first-order valence-corrected chi connectivity index (χ1v) is 7.81. The standard InChI is InChI=1S/C14H20N2O2S/c1-9(17)16-11-5-7-19-13(11)8-15-12-4-6-18-14(12)10-2-3-10/h5,7,10,12,14-15H,2-4,6,8H2,1H3,(H,16,17). The first-order chi connectivity index (χ1) is 9.24. The Balaban J connectivity index is 1.56. The molecule has 104 valence electrons. The smallest absolute Gasteiger partial charge is 0.221 e. The van der Waals surface area contributed by atoms with Crippen LogP contribution in [-0.2, 0) is 16.1 Å². The van der Waals surface area contributed by atoms with Crippen LogP contribution in [0, 0.1) is 5.92 Å². The lowest BCUT2D eigenvalue weighted by atomic mass is 10.1. The van der Waals surface area contributed by atoms with E-state index in [0.717, 1.165) is 31.2 Å². The van der Waals surface area contributed by atoms with Gasteiger partial charge in [-0.2, -0.15) is 0 Å². The third kappa shape index (κ3) is 3.16. The molecule has 3 rings (SSSR count). The molecule has 0 aromatic carbocycles. The highest BCUT2D eigenvalue weighted by molar-refractivity contribution is 7.10. The maximum Gasteiger partial charge on any atom is 0.221 e. The Bertz CT molecular complexity index is 456. The van der Waals surface area contributed by atoms with E-state index >= 15 is 0 Å². The number of carbonyl (C=O) groups is 1. The minimum absolute atomic E-state index is 0.0142. The average Bonchev–Trinajstić information content (AvgIpc) is 2.95. The Kier molecular flexibility index (Phi) is 3.86. The fourth-order valence-electron chi connectivity index (χ4n) is 2.72. The van der Waals surface area contributed by atoms with E-state index in [0.29, 0.717) is 12.1 Å². The van der Waals surface area contributed by atoms with Gasteiger partial charge in [0.15, 0.2) is 0 Å². The number of ether oxygens (including phenoxy) is 1. The summed E-state index contributed by atoms with van der Waals surface area (Å²) in [5.74, 6) is 0.762. The van der Waals surface area contributed by atoms with E-state index in [1.807, 2.05) is 11.4 Å². The van der Waals surface area contributed by atoms with Crippen LogP contribution in [0.15, 0.2) is 11.4 Å². The fourth-order valence-corrected chi connectivity index (χ4v) is 3.50. The molecule has 2 aliphatic rings. The van der Waals surface area contributed by atoms with E-state index in [1.165, 1.54) is 17.7 Å². The molecule has 2 N–H and O–H groups in total. The van der Waals surface area contributed by atoms with Crippen molar-refractivity contribution in [2.24, 2.45) is 5.92 Å². The molecule has 1 aromatic heterocycles. The maximum absolute atomic E-state index is 11.1. The molecule has 19 heavy (non-hydrogen) atoms. The van der Waals surface area contributed by atoms with Crippen LogP contribution in [0.1, 0.15) is 31.1 Å². The lowest BCUT2D eigenvalue weighted by Crippen LogP contribution is -2.37. The number of amides is 1. The van der Waals surface area contributed by atoms with Gasteiger partial charge < -0.3 is 15.4 Å². The highest BCUT2D eigenvalue weighted by atomic mass is 32.1. The quantitative estimate of drug-likeness (QED) is 0.870. The van der Waals surface area contributed by atoms with Crippen LogP contribution >= 0.6 is 11.3 Å². The first kappa shape index (κ1) is 13.1. The van der Waals surface area contributed by atoms with Crippen LogP contribution in [-0.4, -0.2) is 24.7 Å². The molecule has 2 unspecified atom stereocenters. The van der Waals surface area contributed by atoms with Gasteiger partial charge in [0.1, 0.15) is 0 Å². The predicted octanol–water partition coefficient (Wildman–Crippen LogP) is 2.36. The van der Waals surface area contributed by atoms with Gasteiger partial charge in [-0.25, -0.2) is 0 Å². The molecule has 1 aromatic rings. The van der Waals surface area contributed by atoms with Crippen LogP contribution in [0.3, 0.4) is 0 Å². The maximum atomic E-state index is 11.1. The lowest BCUT2D eigenvalue weighted by Gasteiger charge is -2.19. The number of carbonyl (C=O) groups excluding carboxylic acids is 1. The van der Waals surface area contributed by atoms with Crippen LogP contribution in [0.5, 0.6) is 0 Å². The van der Waals surface area contributed by atoms with E-state index < -0.39 is 0 Å². The number of hydrogen-bond donors (Lipinski definition) is 2. The van der Waals surface area contributed by atoms with E-state index in [1.54, 1.807) is 18.3 Å². The number of anilines is 1. The molecule has 1 aliphatic carbocycles. The second kappa shape index (κ2) is 5.61. The van der Waals surface area contributed by atoms with Gasteiger partial charge in [0.25, 0.3) is 0 Å². The molecule has 2 heterocycles. The number of hydrogen-bond acceptors (Lipinski definition) is 4. The highest BCUT2D eigenvalue weighted by Crippen LogP contribution is 2.39. The van der Waals surface area contributed by atoms with E-state index in [2.05, 4.69) is 10.6 Å². The molecule has 0 bridgehead atoms. The van der Waals surface area contributed by atoms with Gasteiger partial charge in [0, 0.05) is 31.0 Å². The van der Waals surface area contributed by atoms with Crippen molar-refractivity contribution in [3.8, 4) is 0 Å². The predicted molar refractivity (Wildman–Crippen MR) is 76.3 cm³/mol. The van der Waals surface area contributed by atoms with Crippen LogP contribution in [0.2, 0.25) is 0 Å². The number of rotatable bonds is 5. The summed E-state index contributed by atoms with van der Waals surface area (Å²) in [4.78, 5) is 12.3. The molecule has 0 radical (unpaired) electrons. The molecule has 2 fully saturated rings. The third-order valence-electron chi connectivity index (χ3n) is 3.80. The Morgan fingerprint density at radius 1 is 1.47 bits per heavy atom. The summed E-state index contributed by atoms with van der Waals surface area (Å²) >= 11 is 1.68. The first-order valence-electron chi connectivity index (χ1n) is 6.93. The molecular formula is C14H20N2O2S. The Hall–Kier alpha value is -0.910. The van der Waals surface area contributed by atoms with Crippen LogP contribution < -0.4 is 10.6 Å². The summed E-state index contributed by atoms with van der Waals surface area (Å²) in [7, 11) is 0. The molecule has 1 aliphatic heterocycles. The Labute approximate surface area is 117 Å². The molecule has 1 saturated carbocycles. The van der Waals surface area contributed by atoms with Crippen LogP contribution in [0.25, 0.3) is 0 Å². The van der Waals surface area contributed by atoms with Gasteiger partial charge in [-0.05, 0) is 36.6 Å². The summed E-state index contributed by atoms with van der Waals surface area (Å²) in [6.07, 6.45) is 4.14. The molecule has 1 amide bonds. The van der Waals surface area contributed by atoms with E-state index in [4.69, 9.17) is 4.74 Å². The zero-order valence-corrected chi connectivity index (χ0v) is 12.0. The van der Waals surface area contributed by atoms with Crippen molar-refractivity contribution in [2.45, 2.75) is 44.9 Å². The molecular weight excluding hydrogens is 260 g/mol. The normalized spacial score (nSPS) is 26.6. The van der Waals surface area contributed by atoms with Gasteiger partial charge in [-0.15, -0.1) is 11.3 Å². The Morgan fingerprint density at radius 3 is 3.05 bits per heavy atom. The van der Waals surface area contributed by atoms with Gasteiger partial charge in [0.2, 0.25) is 5.91 Å². The van der Waals surface area contributed by atoms with Crippen molar-refractivity contribution in [3.05, 3.63) is 16.3 Å². The van der Waals surface area contributed by atoms with Crippen molar-refractivity contribution < 1.29 is 9.53 Å². The minimum Gasteiger partial charge on any atom is -0.376 e. The highest BCUT2D eigenvalue weighted by Gasteiger charge is 2.40. The lowest BCUT2D eigenvalue weighted by molar-refractivity contribution is -0.114. The monoisotopic (exact) mass is 280 g/mol. The van der Waals surface area contributed by atoms with Gasteiger partial charge in [-0.3, -0.25) is 4.79 Å². The SMILES string of the molecule is CC(=O)Nc1ccsc1CNC1CCOC1C1CC1. The van der Waals surface area contributed by atoms with E-state index in [-0.39, 0.29) is 5.91 Å². The van der Waals surface area contributed by atoms with E-state index in [9.17, 15) is 4.79 Å². The van der Waals surface area contributed by atoms with Crippen molar-refractivity contribution in [1.82, 2.24) is 5.32 Å². The summed E-state index contributed by atoms with van der Waals surface area (Å²) in [6.45, 7) is 3.23. The molecule has 5 heteroatoms. The molecule has 2 atom stereocenters. The van der Waals surface area contributed by atoms with Crippen molar-refractivity contribution in [3.63, 3.8) is 0 Å². The van der Waals surface area contributed by atoms with Crippen molar-refractivity contribution >= 4 is 22.9 Å². The Morgan fingerprint density at radius 2 is 2.32 bits per heavy atom. The number of nitrogens with one attached hydrogen (secondary N) is 2. The summed E-state index contributed by atoms with van der Waals surface area (Å²) in [5.41, 5.74) is 0.937. The van der Waals surface area contributed by atoms with Crippen LogP contribution in [0.4, 0.5) is 5.69 Å². The zero-order chi connectivity index (χ0) is 13.2. The molecule has 1 saturated heterocycles. The molecule has 4 nitrogen and oxygen atoms in total. The summed E-state index contributed by atoms with van der Waals surface area (Å²) < 4.78 is 5.83. The number of thiophene rings is 1. The van der Waals surface area contributed by atoms with Crippen molar-refractivity contribution in [2.75, 3.05) is 11.9 Å². The zero-order valence-electron chi connectivity index (χ0n) is 11.1. The van der Waals surface area contributed by atoms with Gasteiger partial charge in [0.05, 0.1) is 11.8 Å².